The lowest BCUT2D eigenvalue weighted by Crippen LogP contribution is -2.51. The number of hydrogen-bond acceptors (Lipinski definition) is 3. The number of nitrogens with one attached hydrogen (secondary N) is 2. The Hall–Kier alpha value is -2.08. The molecule has 2 aliphatic heterocycles. The van der Waals surface area contributed by atoms with Crippen LogP contribution in [0.5, 0.6) is 0 Å². The maximum absolute atomic E-state index is 12.9. The van der Waals surface area contributed by atoms with E-state index in [1.807, 2.05) is 11.8 Å². The van der Waals surface area contributed by atoms with E-state index in [-0.39, 0.29) is 23.8 Å². The van der Waals surface area contributed by atoms with Crippen LogP contribution in [-0.4, -0.2) is 67.6 Å². The van der Waals surface area contributed by atoms with Gasteiger partial charge in [-0.1, -0.05) is 29.8 Å². The van der Waals surface area contributed by atoms with E-state index in [0.717, 1.165) is 26.1 Å². The first kappa shape index (κ1) is 20.6. The number of piperidine rings is 1. The van der Waals surface area contributed by atoms with E-state index in [2.05, 4.69) is 46.7 Å². The molecule has 2 N–H and O–H groups in total. The number of rotatable bonds is 6. The molecule has 0 radical (unpaired) electrons. The number of carbonyl (C=O) groups excluding carboxylic acids is 2. The zero-order valence-corrected chi connectivity index (χ0v) is 17.2. The number of carbonyl (C=O) groups is 2. The van der Waals surface area contributed by atoms with Gasteiger partial charge in [0.15, 0.2) is 0 Å². The second-order valence-electron chi connectivity index (χ2n) is 8.12. The Bertz CT molecular complexity index is 672. The highest BCUT2D eigenvalue weighted by molar-refractivity contribution is 5.81. The Balaban J connectivity index is 1.64. The highest BCUT2D eigenvalue weighted by Gasteiger charge is 2.34. The first-order chi connectivity index (χ1) is 13.6. The molecular weight excluding hydrogens is 352 g/mol. The minimum atomic E-state index is -0.166. The van der Waals surface area contributed by atoms with Crippen LogP contribution in [0.15, 0.2) is 24.3 Å². The van der Waals surface area contributed by atoms with E-state index >= 15 is 0 Å². The van der Waals surface area contributed by atoms with Crippen molar-refractivity contribution < 1.29 is 9.59 Å². The molecule has 3 rings (SSSR count). The van der Waals surface area contributed by atoms with Gasteiger partial charge in [-0.2, -0.15) is 0 Å². The Kier molecular flexibility index (Phi) is 7.31. The maximum Gasteiger partial charge on any atom is 0.317 e. The average molecular weight is 387 g/mol. The molecular formula is C22H34N4O2. The lowest BCUT2D eigenvalue weighted by molar-refractivity contribution is -0.126. The van der Waals surface area contributed by atoms with Gasteiger partial charge in [0.25, 0.3) is 0 Å². The number of aryl methyl sites for hydroxylation is 1. The summed E-state index contributed by atoms with van der Waals surface area (Å²) in [5.74, 6) is 0.0943. The van der Waals surface area contributed by atoms with Gasteiger partial charge in [-0.15, -0.1) is 0 Å². The van der Waals surface area contributed by atoms with E-state index in [0.29, 0.717) is 26.2 Å². The molecule has 2 heterocycles. The van der Waals surface area contributed by atoms with E-state index in [4.69, 9.17) is 0 Å². The summed E-state index contributed by atoms with van der Waals surface area (Å²) < 4.78 is 0. The summed E-state index contributed by atoms with van der Waals surface area (Å²) in [5, 5.41) is 6.00. The number of hydrogen-bond donors (Lipinski definition) is 2. The van der Waals surface area contributed by atoms with E-state index in [1.54, 1.807) is 0 Å². The SMILES string of the molecule is CCNC(=O)N1CC(C(=O)NCCN2CCCC2)CC(c2cccc(C)c2)C1. The molecule has 0 spiro atoms. The Morgan fingerprint density at radius 2 is 1.93 bits per heavy atom. The van der Waals surface area contributed by atoms with Gasteiger partial charge in [0, 0.05) is 38.6 Å². The van der Waals surface area contributed by atoms with Gasteiger partial charge in [0.1, 0.15) is 0 Å². The molecule has 0 aromatic heterocycles. The molecule has 0 saturated carbocycles. The molecule has 2 atom stereocenters. The van der Waals surface area contributed by atoms with Gasteiger partial charge in [-0.3, -0.25) is 4.79 Å². The number of nitrogens with zero attached hydrogens (tertiary/aromatic N) is 2. The third-order valence-corrected chi connectivity index (χ3v) is 5.88. The molecule has 28 heavy (non-hydrogen) atoms. The fraction of sp³-hybridized carbons (Fsp3) is 0.636. The smallest absolute Gasteiger partial charge is 0.317 e. The van der Waals surface area contributed by atoms with Crippen molar-refractivity contribution in [2.45, 2.75) is 39.0 Å². The van der Waals surface area contributed by atoms with Crippen LogP contribution in [0.3, 0.4) is 0 Å². The van der Waals surface area contributed by atoms with Crippen molar-refractivity contribution in [3.05, 3.63) is 35.4 Å². The van der Waals surface area contributed by atoms with Gasteiger partial charge in [0.05, 0.1) is 5.92 Å². The Morgan fingerprint density at radius 1 is 1.14 bits per heavy atom. The van der Waals surface area contributed by atoms with Crippen molar-refractivity contribution >= 4 is 11.9 Å². The zero-order valence-electron chi connectivity index (χ0n) is 17.2. The number of amides is 3. The molecule has 2 saturated heterocycles. The lowest BCUT2D eigenvalue weighted by Gasteiger charge is -2.37. The minimum Gasteiger partial charge on any atom is -0.355 e. The summed E-state index contributed by atoms with van der Waals surface area (Å²) in [6, 6.07) is 8.35. The van der Waals surface area contributed by atoms with Crippen LogP contribution >= 0.6 is 0 Å². The summed E-state index contributed by atoms with van der Waals surface area (Å²) in [4.78, 5) is 29.5. The third kappa shape index (κ3) is 5.47. The molecule has 1 aromatic carbocycles. The van der Waals surface area contributed by atoms with Crippen LogP contribution < -0.4 is 10.6 Å². The van der Waals surface area contributed by atoms with Crippen LogP contribution in [0.1, 0.15) is 43.2 Å². The molecule has 1 aromatic rings. The molecule has 0 aliphatic carbocycles. The Morgan fingerprint density at radius 3 is 2.64 bits per heavy atom. The van der Waals surface area contributed by atoms with Crippen LogP contribution in [0.2, 0.25) is 0 Å². The van der Waals surface area contributed by atoms with Crippen LogP contribution in [0.25, 0.3) is 0 Å². The van der Waals surface area contributed by atoms with Gasteiger partial charge in [-0.05, 0) is 51.8 Å². The quantitative estimate of drug-likeness (QED) is 0.789. The second-order valence-corrected chi connectivity index (χ2v) is 8.12. The van der Waals surface area contributed by atoms with Crippen molar-refractivity contribution in [1.29, 1.82) is 0 Å². The highest BCUT2D eigenvalue weighted by Crippen LogP contribution is 2.31. The largest absolute Gasteiger partial charge is 0.355 e. The minimum absolute atomic E-state index is 0.0743. The van der Waals surface area contributed by atoms with Crippen molar-refractivity contribution in [2.24, 2.45) is 5.92 Å². The topological polar surface area (TPSA) is 64.7 Å². The van der Waals surface area contributed by atoms with Gasteiger partial charge >= 0.3 is 6.03 Å². The standard InChI is InChI=1S/C22H34N4O2/c1-3-23-22(28)26-15-19(18-8-6-7-17(2)13-18)14-20(16-26)21(27)24-9-12-25-10-4-5-11-25/h6-8,13,19-20H,3-5,9-12,14-16H2,1-2H3,(H,23,28)(H,24,27). The summed E-state index contributed by atoms with van der Waals surface area (Å²) in [5.41, 5.74) is 2.42. The monoisotopic (exact) mass is 386 g/mol. The lowest BCUT2D eigenvalue weighted by atomic mass is 9.83. The fourth-order valence-corrected chi connectivity index (χ4v) is 4.37. The molecule has 3 amide bonds. The summed E-state index contributed by atoms with van der Waals surface area (Å²) >= 11 is 0. The fourth-order valence-electron chi connectivity index (χ4n) is 4.37. The molecule has 6 nitrogen and oxygen atoms in total. The van der Waals surface area contributed by atoms with E-state index < -0.39 is 0 Å². The van der Waals surface area contributed by atoms with Crippen molar-refractivity contribution in [2.75, 3.05) is 45.8 Å². The number of likely N-dealkylation sites (tertiary alicyclic amines) is 2. The number of benzene rings is 1. The molecule has 0 bridgehead atoms. The van der Waals surface area contributed by atoms with Gasteiger partial charge in [-0.25, -0.2) is 4.79 Å². The first-order valence-electron chi connectivity index (χ1n) is 10.7. The van der Waals surface area contributed by atoms with E-state index in [9.17, 15) is 9.59 Å². The van der Waals surface area contributed by atoms with Crippen molar-refractivity contribution in [3.8, 4) is 0 Å². The predicted molar refractivity (Wildman–Crippen MR) is 111 cm³/mol. The zero-order chi connectivity index (χ0) is 19.9. The normalized spacial score (nSPS) is 22.9. The molecule has 6 heteroatoms. The third-order valence-electron chi connectivity index (χ3n) is 5.88. The molecule has 2 fully saturated rings. The van der Waals surface area contributed by atoms with Gasteiger partial charge < -0.3 is 20.4 Å². The number of urea groups is 1. The van der Waals surface area contributed by atoms with Crippen LogP contribution in [-0.2, 0) is 4.79 Å². The van der Waals surface area contributed by atoms with Gasteiger partial charge in [0.2, 0.25) is 5.91 Å². The maximum atomic E-state index is 12.9. The van der Waals surface area contributed by atoms with Crippen molar-refractivity contribution in [3.63, 3.8) is 0 Å². The predicted octanol–water partition coefficient (Wildman–Crippen LogP) is 2.34. The van der Waals surface area contributed by atoms with Crippen molar-refractivity contribution in [1.82, 2.24) is 20.4 Å². The highest BCUT2D eigenvalue weighted by atomic mass is 16.2. The summed E-state index contributed by atoms with van der Waals surface area (Å²) in [6.07, 6.45) is 3.31. The van der Waals surface area contributed by atoms with E-state index in [1.165, 1.54) is 24.0 Å². The van der Waals surface area contributed by atoms with Crippen LogP contribution in [0.4, 0.5) is 4.79 Å². The summed E-state index contributed by atoms with van der Waals surface area (Å²) in [7, 11) is 0. The van der Waals surface area contributed by atoms with Crippen LogP contribution in [0, 0.1) is 12.8 Å². The summed E-state index contributed by atoms with van der Waals surface area (Å²) in [6.45, 7) is 9.62. The Labute approximate surface area is 168 Å². The second kappa shape index (κ2) is 9.92. The molecule has 154 valence electrons. The molecule has 2 aliphatic rings. The molecule has 2 unspecified atom stereocenters. The average Bonchev–Trinajstić information content (AvgIpc) is 3.21. The first-order valence-corrected chi connectivity index (χ1v) is 10.7.